The van der Waals surface area contributed by atoms with Gasteiger partial charge in [0, 0.05) is 25.7 Å². The largest absolute Gasteiger partial charge is 0.379 e. The molecule has 1 aliphatic heterocycles. The zero-order valence-corrected chi connectivity index (χ0v) is 13.8. The van der Waals surface area contributed by atoms with E-state index < -0.39 is 0 Å². The molecule has 1 saturated heterocycles. The first-order chi connectivity index (χ1) is 10.1. The quantitative estimate of drug-likeness (QED) is 0.823. The molecule has 2 heterocycles. The number of nitrogens with zero attached hydrogens (tertiary/aromatic N) is 4. The molecule has 0 spiro atoms. The van der Waals surface area contributed by atoms with Gasteiger partial charge in [-0.05, 0) is 26.3 Å². The Kier molecular flexibility index (Phi) is 5.72. The van der Waals surface area contributed by atoms with Gasteiger partial charge >= 0.3 is 0 Å². The Bertz CT molecular complexity index is 429. The van der Waals surface area contributed by atoms with E-state index >= 15 is 0 Å². The number of rotatable bonds is 7. The maximum atomic E-state index is 5.52. The van der Waals surface area contributed by atoms with Crippen LogP contribution in [0.1, 0.15) is 45.3 Å². The molecule has 1 aliphatic rings. The molecule has 1 aromatic heterocycles. The fraction of sp³-hybridized carbons (Fsp3) is 0.867. The second-order valence-electron chi connectivity index (χ2n) is 5.98. The summed E-state index contributed by atoms with van der Waals surface area (Å²) in [7, 11) is 1.97. The molecule has 0 amide bonds. The second-order valence-corrected chi connectivity index (χ2v) is 5.98. The van der Waals surface area contributed by atoms with Crippen LogP contribution in [0.4, 0.5) is 0 Å². The van der Waals surface area contributed by atoms with Crippen molar-refractivity contribution in [2.75, 3.05) is 32.8 Å². The van der Waals surface area contributed by atoms with Crippen LogP contribution in [0.5, 0.6) is 0 Å². The molecule has 0 saturated carbocycles. The average molecular weight is 295 g/mol. The molecule has 0 radical (unpaired) electrons. The molecule has 2 rings (SSSR count). The predicted octanol–water partition coefficient (Wildman–Crippen LogP) is 1.36. The van der Waals surface area contributed by atoms with Crippen LogP contribution >= 0.6 is 0 Å². The minimum absolute atomic E-state index is 0.0361. The molecular weight excluding hydrogens is 266 g/mol. The highest BCUT2D eigenvalue weighted by molar-refractivity contribution is 5.12. The lowest BCUT2D eigenvalue weighted by Crippen LogP contribution is -2.58. The lowest BCUT2D eigenvalue weighted by atomic mass is 9.84. The zero-order valence-electron chi connectivity index (χ0n) is 13.8. The van der Waals surface area contributed by atoms with E-state index in [0.29, 0.717) is 0 Å². The van der Waals surface area contributed by atoms with Crippen LogP contribution < -0.4 is 5.32 Å². The molecule has 0 bridgehead atoms. The Balaban J connectivity index is 2.29. The summed E-state index contributed by atoms with van der Waals surface area (Å²) >= 11 is 0. The van der Waals surface area contributed by atoms with Gasteiger partial charge in [-0.25, -0.2) is 0 Å². The summed E-state index contributed by atoms with van der Waals surface area (Å²) in [5, 5.41) is 11.9. The van der Waals surface area contributed by atoms with Crippen LogP contribution in [-0.4, -0.2) is 58.3 Å². The number of hydrogen-bond donors (Lipinski definition) is 1. The van der Waals surface area contributed by atoms with Crippen LogP contribution in [0.3, 0.4) is 0 Å². The van der Waals surface area contributed by atoms with Crippen molar-refractivity contribution in [2.45, 2.75) is 45.2 Å². The van der Waals surface area contributed by atoms with Gasteiger partial charge in [0.1, 0.15) is 0 Å². The Hall–Kier alpha value is -0.980. The third-order valence-corrected chi connectivity index (χ3v) is 4.71. The Morgan fingerprint density at radius 1 is 1.38 bits per heavy atom. The number of aryl methyl sites for hydroxylation is 1. The molecule has 120 valence electrons. The summed E-state index contributed by atoms with van der Waals surface area (Å²) < 4.78 is 7.41. The first kappa shape index (κ1) is 16.4. The van der Waals surface area contributed by atoms with E-state index in [1.165, 1.54) is 0 Å². The van der Waals surface area contributed by atoms with Gasteiger partial charge in [-0.3, -0.25) is 9.58 Å². The Labute approximate surface area is 127 Å². The summed E-state index contributed by atoms with van der Waals surface area (Å²) in [5.41, 5.74) is 1.19. The lowest BCUT2D eigenvalue weighted by molar-refractivity contribution is -0.0339. The first-order valence-corrected chi connectivity index (χ1v) is 8.04. The van der Waals surface area contributed by atoms with Crippen LogP contribution in [0.15, 0.2) is 6.20 Å². The van der Waals surface area contributed by atoms with Gasteiger partial charge in [0.2, 0.25) is 0 Å². The van der Waals surface area contributed by atoms with E-state index in [0.717, 1.165) is 51.4 Å². The molecule has 0 aromatic carbocycles. The van der Waals surface area contributed by atoms with Crippen molar-refractivity contribution in [2.24, 2.45) is 7.05 Å². The number of hydrogen-bond acceptors (Lipinski definition) is 5. The highest BCUT2D eigenvalue weighted by atomic mass is 16.5. The molecule has 1 aromatic rings. The molecule has 1 fully saturated rings. The normalized spacial score (nSPS) is 21.1. The highest BCUT2D eigenvalue weighted by Gasteiger charge is 2.40. The van der Waals surface area contributed by atoms with Gasteiger partial charge in [-0.2, -0.15) is 0 Å². The number of nitrogens with one attached hydrogen (secondary N) is 1. The van der Waals surface area contributed by atoms with E-state index in [9.17, 15) is 0 Å². The monoisotopic (exact) mass is 295 g/mol. The minimum atomic E-state index is 0.0361. The van der Waals surface area contributed by atoms with Gasteiger partial charge in [0.05, 0.1) is 31.1 Å². The van der Waals surface area contributed by atoms with Crippen LogP contribution in [0, 0.1) is 0 Å². The van der Waals surface area contributed by atoms with Gasteiger partial charge in [0.15, 0.2) is 0 Å². The standard InChI is InChI=1S/C15H29N5O/c1-5-7-16-14(13-12-17-18-19(13)4)15(3,6-2)20-8-10-21-11-9-20/h12,14,16H,5-11H2,1-4H3. The van der Waals surface area contributed by atoms with Crippen molar-refractivity contribution >= 4 is 0 Å². The maximum Gasteiger partial charge on any atom is 0.0772 e. The smallest absolute Gasteiger partial charge is 0.0772 e. The van der Waals surface area contributed by atoms with Crippen molar-refractivity contribution in [3.63, 3.8) is 0 Å². The predicted molar refractivity (Wildman–Crippen MR) is 83.1 cm³/mol. The van der Waals surface area contributed by atoms with Crippen molar-refractivity contribution in [3.8, 4) is 0 Å². The van der Waals surface area contributed by atoms with Gasteiger partial charge < -0.3 is 10.1 Å². The fourth-order valence-electron chi connectivity index (χ4n) is 3.18. The van der Waals surface area contributed by atoms with E-state index in [1.807, 2.05) is 17.9 Å². The lowest BCUT2D eigenvalue weighted by Gasteiger charge is -2.47. The third-order valence-electron chi connectivity index (χ3n) is 4.71. The summed E-state index contributed by atoms with van der Waals surface area (Å²) in [5.74, 6) is 0. The van der Waals surface area contributed by atoms with Crippen molar-refractivity contribution in [3.05, 3.63) is 11.9 Å². The van der Waals surface area contributed by atoms with Crippen LogP contribution in [-0.2, 0) is 11.8 Å². The summed E-state index contributed by atoms with van der Waals surface area (Å²) in [6, 6.07) is 0.223. The number of aromatic nitrogens is 3. The van der Waals surface area contributed by atoms with E-state index in [-0.39, 0.29) is 11.6 Å². The van der Waals surface area contributed by atoms with Gasteiger partial charge in [-0.15, -0.1) is 5.10 Å². The molecule has 21 heavy (non-hydrogen) atoms. The highest BCUT2D eigenvalue weighted by Crippen LogP contribution is 2.34. The van der Waals surface area contributed by atoms with Crippen LogP contribution in [0.2, 0.25) is 0 Å². The summed E-state index contributed by atoms with van der Waals surface area (Å²) in [4.78, 5) is 2.55. The van der Waals surface area contributed by atoms with Crippen molar-refractivity contribution in [1.82, 2.24) is 25.2 Å². The topological polar surface area (TPSA) is 55.2 Å². The molecule has 1 N–H and O–H groups in total. The van der Waals surface area contributed by atoms with E-state index in [1.54, 1.807) is 0 Å². The number of ether oxygens (including phenoxy) is 1. The molecular formula is C15H29N5O. The summed E-state index contributed by atoms with van der Waals surface area (Å²) in [6.45, 7) is 11.4. The SMILES string of the molecule is CCCNC(c1cnnn1C)C(C)(CC)N1CCOCC1. The number of morpholine rings is 1. The van der Waals surface area contributed by atoms with Gasteiger partial charge in [0.25, 0.3) is 0 Å². The third kappa shape index (κ3) is 3.44. The van der Waals surface area contributed by atoms with E-state index in [2.05, 4.69) is 41.3 Å². The first-order valence-electron chi connectivity index (χ1n) is 8.04. The molecule has 0 aliphatic carbocycles. The average Bonchev–Trinajstić information content (AvgIpc) is 2.94. The van der Waals surface area contributed by atoms with Crippen molar-refractivity contribution < 1.29 is 4.74 Å². The second kappa shape index (κ2) is 7.33. The minimum Gasteiger partial charge on any atom is -0.379 e. The summed E-state index contributed by atoms with van der Waals surface area (Å²) in [6.07, 6.45) is 4.08. The molecule has 2 unspecified atom stereocenters. The van der Waals surface area contributed by atoms with E-state index in [4.69, 9.17) is 4.74 Å². The maximum absolute atomic E-state index is 5.52. The van der Waals surface area contributed by atoms with Crippen LogP contribution in [0.25, 0.3) is 0 Å². The Morgan fingerprint density at radius 3 is 2.62 bits per heavy atom. The van der Waals surface area contributed by atoms with Crippen molar-refractivity contribution in [1.29, 1.82) is 0 Å². The molecule has 6 heteroatoms. The molecule has 2 atom stereocenters. The Morgan fingerprint density at radius 2 is 2.10 bits per heavy atom. The fourth-order valence-corrected chi connectivity index (χ4v) is 3.18. The zero-order chi connectivity index (χ0) is 15.3. The van der Waals surface area contributed by atoms with Gasteiger partial charge in [-0.1, -0.05) is 19.1 Å². The molecule has 6 nitrogen and oxygen atoms in total.